The number of carbonyl (C=O) groups is 2. The Morgan fingerprint density at radius 1 is 0.903 bits per heavy atom. The van der Waals surface area contributed by atoms with Gasteiger partial charge in [-0.25, -0.2) is 0 Å². The number of piperidine rings is 1. The van der Waals surface area contributed by atoms with Crippen LogP contribution >= 0.6 is 11.3 Å². The van der Waals surface area contributed by atoms with E-state index < -0.39 is 0 Å². The van der Waals surface area contributed by atoms with Crippen molar-refractivity contribution in [2.24, 2.45) is 11.3 Å². The molecule has 2 amide bonds. The average molecular weight is 438 g/mol. The van der Waals surface area contributed by atoms with E-state index in [4.69, 9.17) is 0 Å². The maximum absolute atomic E-state index is 13.2. The molecule has 1 atom stereocenters. The molecule has 1 aromatic carbocycles. The Balaban J connectivity index is 1.07. The van der Waals surface area contributed by atoms with Gasteiger partial charge in [0, 0.05) is 51.7 Å². The zero-order valence-corrected chi connectivity index (χ0v) is 18.9. The summed E-state index contributed by atoms with van der Waals surface area (Å²) in [6.45, 7) is 6.14. The van der Waals surface area contributed by atoms with Crippen molar-refractivity contribution in [2.45, 2.75) is 32.2 Å². The van der Waals surface area contributed by atoms with Crippen LogP contribution in [0.4, 0.5) is 0 Å². The molecule has 31 heavy (non-hydrogen) atoms. The number of likely N-dealkylation sites (tertiary alicyclic amines) is 1. The van der Waals surface area contributed by atoms with Crippen LogP contribution in [0.15, 0.2) is 47.2 Å². The van der Waals surface area contributed by atoms with E-state index in [9.17, 15) is 9.59 Å². The van der Waals surface area contributed by atoms with E-state index in [-0.39, 0.29) is 17.2 Å². The van der Waals surface area contributed by atoms with Crippen LogP contribution in [-0.4, -0.2) is 65.8 Å². The molecule has 3 heterocycles. The first-order chi connectivity index (χ1) is 15.1. The van der Waals surface area contributed by atoms with Gasteiger partial charge in [0.1, 0.15) is 0 Å². The molecule has 0 radical (unpaired) electrons. The van der Waals surface area contributed by atoms with E-state index in [1.165, 1.54) is 5.56 Å². The summed E-state index contributed by atoms with van der Waals surface area (Å²) in [5.41, 5.74) is 2.61. The van der Waals surface area contributed by atoms with Gasteiger partial charge in [-0.2, -0.15) is 11.3 Å². The highest BCUT2D eigenvalue weighted by atomic mass is 32.1. The summed E-state index contributed by atoms with van der Waals surface area (Å²) in [5, 5.41) is 4.08. The third-order valence-corrected chi connectivity index (χ3v) is 8.20. The number of nitrogens with zero attached hydrogens (tertiary/aromatic N) is 3. The predicted octanol–water partition coefficient (Wildman–Crippen LogP) is 3.26. The second-order valence-corrected chi connectivity index (χ2v) is 10.2. The number of hydrogen-bond acceptors (Lipinski definition) is 4. The van der Waals surface area contributed by atoms with Crippen molar-refractivity contribution in [1.29, 1.82) is 0 Å². The van der Waals surface area contributed by atoms with Gasteiger partial charge < -0.3 is 9.80 Å². The van der Waals surface area contributed by atoms with Crippen LogP contribution in [0.5, 0.6) is 0 Å². The van der Waals surface area contributed by atoms with Gasteiger partial charge in [-0.05, 0) is 52.6 Å². The molecule has 5 rings (SSSR count). The standard InChI is InChI=1S/C25H31N3O2S/c29-23(16-21-6-15-31-19-21)27-9-7-25(8-10-27)17-22(25)24(30)28-13-11-26(12-14-28)18-20-4-2-1-3-5-20/h1-6,15,19,22H,7-14,16-18H2/t22-/m0/s1. The Kier molecular flexibility index (Phi) is 5.85. The number of piperazine rings is 1. The summed E-state index contributed by atoms with van der Waals surface area (Å²) < 4.78 is 0. The largest absolute Gasteiger partial charge is 0.342 e. The number of carbonyl (C=O) groups excluding carboxylic acids is 2. The first kappa shape index (κ1) is 20.7. The summed E-state index contributed by atoms with van der Waals surface area (Å²) in [4.78, 5) is 32.3. The molecular weight excluding hydrogens is 406 g/mol. The van der Waals surface area contributed by atoms with Crippen molar-refractivity contribution >= 4 is 23.2 Å². The zero-order chi connectivity index (χ0) is 21.3. The normalized spacial score (nSPS) is 23.2. The fourth-order valence-electron chi connectivity index (χ4n) is 5.32. The number of benzene rings is 1. The van der Waals surface area contributed by atoms with Crippen LogP contribution in [0.2, 0.25) is 0 Å². The summed E-state index contributed by atoms with van der Waals surface area (Å²) in [5.74, 6) is 0.769. The quantitative estimate of drug-likeness (QED) is 0.721. The zero-order valence-electron chi connectivity index (χ0n) is 18.0. The Labute approximate surface area is 188 Å². The second-order valence-electron chi connectivity index (χ2n) is 9.40. The second kappa shape index (κ2) is 8.75. The average Bonchev–Trinajstić information content (AvgIpc) is 3.23. The third kappa shape index (κ3) is 4.55. The molecule has 2 saturated heterocycles. The van der Waals surface area contributed by atoms with Crippen molar-refractivity contribution in [3.8, 4) is 0 Å². The minimum atomic E-state index is 0.164. The lowest BCUT2D eigenvalue weighted by Crippen LogP contribution is -2.49. The number of thiophene rings is 1. The Morgan fingerprint density at radius 2 is 1.65 bits per heavy atom. The molecule has 1 spiro atoms. The highest BCUT2D eigenvalue weighted by Crippen LogP contribution is 2.60. The smallest absolute Gasteiger partial charge is 0.227 e. The number of rotatable bonds is 5. The lowest BCUT2D eigenvalue weighted by atomic mass is 9.90. The molecular formula is C25H31N3O2S. The van der Waals surface area contributed by atoms with Crippen LogP contribution in [0.3, 0.4) is 0 Å². The van der Waals surface area contributed by atoms with E-state index in [0.29, 0.717) is 12.3 Å². The monoisotopic (exact) mass is 437 g/mol. The summed E-state index contributed by atoms with van der Waals surface area (Å²) in [6, 6.07) is 12.6. The minimum absolute atomic E-state index is 0.164. The minimum Gasteiger partial charge on any atom is -0.342 e. The van der Waals surface area contributed by atoms with Crippen molar-refractivity contribution in [3.63, 3.8) is 0 Å². The van der Waals surface area contributed by atoms with Gasteiger partial charge in [-0.3, -0.25) is 14.5 Å². The van der Waals surface area contributed by atoms with Crippen molar-refractivity contribution < 1.29 is 9.59 Å². The van der Waals surface area contributed by atoms with E-state index in [1.54, 1.807) is 11.3 Å². The molecule has 1 aromatic heterocycles. The lowest BCUT2D eigenvalue weighted by Gasteiger charge is -2.36. The fourth-order valence-corrected chi connectivity index (χ4v) is 5.99. The van der Waals surface area contributed by atoms with Gasteiger partial charge in [-0.15, -0.1) is 0 Å². The highest BCUT2D eigenvalue weighted by Gasteiger charge is 2.59. The molecule has 0 unspecified atom stereocenters. The van der Waals surface area contributed by atoms with E-state index >= 15 is 0 Å². The number of amides is 2. The molecule has 3 aliphatic rings. The molecule has 2 aliphatic heterocycles. The van der Waals surface area contributed by atoms with E-state index in [0.717, 1.165) is 70.6 Å². The fraction of sp³-hybridized carbons (Fsp3) is 0.520. The molecule has 2 aromatic rings. The lowest BCUT2D eigenvalue weighted by molar-refractivity contribution is -0.136. The van der Waals surface area contributed by atoms with E-state index in [2.05, 4.69) is 45.5 Å². The van der Waals surface area contributed by atoms with Crippen molar-refractivity contribution in [2.75, 3.05) is 39.3 Å². The van der Waals surface area contributed by atoms with Crippen molar-refractivity contribution in [1.82, 2.24) is 14.7 Å². The third-order valence-electron chi connectivity index (χ3n) is 7.47. The number of hydrogen-bond donors (Lipinski definition) is 0. The van der Waals surface area contributed by atoms with Crippen molar-refractivity contribution in [3.05, 3.63) is 58.3 Å². The molecule has 1 saturated carbocycles. The van der Waals surface area contributed by atoms with Crippen LogP contribution in [-0.2, 0) is 22.6 Å². The topological polar surface area (TPSA) is 43.9 Å². The Morgan fingerprint density at radius 3 is 2.32 bits per heavy atom. The maximum atomic E-state index is 13.2. The van der Waals surface area contributed by atoms with Gasteiger partial charge in [0.15, 0.2) is 0 Å². The molecule has 0 N–H and O–H groups in total. The van der Waals surface area contributed by atoms with Gasteiger partial charge in [-0.1, -0.05) is 30.3 Å². The Hall–Kier alpha value is -2.18. The van der Waals surface area contributed by atoms with Gasteiger partial charge >= 0.3 is 0 Å². The molecule has 5 nitrogen and oxygen atoms in total. The molecule has 164 valence electrons. The van der Waals surface area contributed by atoms with Gasteiger partial charge in [0.25, 0.3) is 0 Å². The van der Waals surface area contributed by atoms with E-state index in [1.807, 2.05) is 16.3 Å². The van der Waals surface area contributed by atoms with Gasteiger partial charge in [0.2, 0.25) is 11.8 Å². The summed E-state index contributed by atoms with van der Waals surface area (Å²) >= 11 is 1.64. The van der Waals surface area contributed by atoms with Crippen LogP contribution < -0.4 is 0 Å². The summed E-state index contributed by atoms with van der Waals surface area (Å²) in [6.07, 6.45) is 3.48. The Bertz CT molecular complexity index is 898. The molecule has 3 fully saturated rings. The molecule has 6 heteroatoms. The SMILES string of the molecule is O=C(Cc1ccsc1)N1CCC2(CC1)C[C@H]2C(=O)N1CCN(Cc2ccccc2)CC1. The first-order valence-electron chi connectivity index (χ1n) is 11.5. The van der Waals surface area contributed by atoms with Crippen LogP contribution in [0.25, 0.3) is 0 Å². The van der Waals surface area contributed by atoms with Gasteiger partial charge in [0.05, 0.1) is 6.42 Å². The maximum Gasteiger partial charge on any atom is 0.227 e. The molecule has 0 bridgehead atoms. The van der Waals surface area contributed by atoms with Crippen LogP contribution in [0.1, 0.15) is 30.4 Å². The highest BCUT2D eigenvalue weighted by molar-refractivity contribution is 7.08. The summed E-state index contributed by atoms with van der Waals surface area (Å²) in [7, 11) is 0. The van der Waals surface area contributed by atoms with Crippen LogP contribution in [0, 0.1) is 11.3 Å². The molecule has 1 aliphatic carbocycles. The first-order valence-corrected chi connectivity index (χ1v) is 12.4. The predicted molar refractivity (Wildman–Crippen MR) is 123 cm³/mol.